The number of likely N-dealkylation sites (N-methyl/N-ethyl adjacent to an activating group) is 1. The first-order valence-electron chi connectivity index (χ1n) is 10.2. The van der Waals surface area contributed by atoms with E-state index in [4.69, 9.17) is 46.4 Å². The first-order chi connectivity index (χ1) is 15.8. The van der Waals surface area contributed by atoms with E-state index in [1.165, 1.54) is 0 Å². The minimum atomic E-state index is -0.751. The Labute approximate surface area is 213 Å². The molecule has 2 amide bonds. The number of nitrogens with zero attached hydrogens (tertiary/aromatic N) is 1. The van der Waals surface area contributed by atoms with Crippen LogP contribution >= 0.6 is 46.4 Å². The molecule has 0 bridgehead atoms. The zero-order valence-electron chi connectivity index (χ0n) is 17.8. The highest BCUT2D eigenvalue weighted by molar-refractivity contribution is 6.42. The molecular formula is C25H22Cl4N2O2. The van der Waals surface area contributed by atoms with Gasteiger partial charge in [-0.1, -0.05) is 88.9 Å². The van der Waals surface area contributed by atoms with Gasteiger partial charge in [0, 0.05) is 30.1 Å². The second-order valence-electron chi connectivity index (χ2n) is 7.50. The van der Waals surface area contributed by atoms with Crippen LogP contribution < -0.4 is 5.32 Å². The number of halogens is 4. The van der Waals surface area contributed by atoms with Gasteiger partial charge in [0.25, 0.3) is 0 Å². The van der Waals surface area contributed by atoms with Gasteiger partial charge in [0.15, 0.2) is 0 Å². The van der Waals surface area contributed by atoms with Gasteiger partial charge in [0.1, 0.15) is 6.04 Å². The summed E-state index contributed by atoms with van der Waals surface area (Å²) in [4.78, 5) is 28.0. The first kappa shape index (κ1) is 25.4. The molecule has 0 fully saturated rings. The van der Waals surface area contributed by atoms with Crippen LogP contribution in [-0.4, -0.2) is 29.8 Å². The fourth-order valence-corrected chi connectivity index (χ4v) is 4.27. The lowest BCUT2D eigenvalue weighted by Crippen LogP contribution is -2.50. The van der Waals surface area contributed by atoms with E-state index >= 15 is 0 Å². The van der Waals surface area contributed by atoms with Gasteiger partial charge >= 0.3 is 0 Å². The topological polar surface area (TPSA) is 49.4 Å². The number of carbonyl (C=O) groups is 2. The lowest BCUT2D eigenvalue weighted by atomic mass is 10.0. The Morgan fingerprint density at radius 1 is 0.848 bits per heavy atom. The molecule has 1 atom stereocenters. The lowest BCUT2D eigenvalue weighted by molar-refractivity contribution is -0.140. The molecule has 0 spiro atoms. The van der Waals surface area contributed by atoms with Crippen LogP contribution in [0.4, 0.5) is 0 Å². The van der Waals surface area contributed by atoms with Gasteiger partial charge in [-0.15, -0.1) is 0 Å². The minimum Gasteiger partial charge on any atom is -0.357 e. The maximum Gasteiger partial charge on any atom is 0.242 e. The number of nitrogens with one attached hydrogen (secondary N) is 1. The van der Waals surface area contributed by atoms with Crippen molar-refractivity contribution in [3.8, 4) is 0 Å². The Bertz CT molecular complexity index is 1140. The predicted molar refractivity (Wildman–Crippen MR) is 135 cm³/mol. The maximum absolute atomic E-state index is 13.5. The Hall–Kier alpha value is -2.24. The average Bonchev–Trinajstić information content (AvgIpc) is 2.80. The van der Waals surface area contributed by atoms with Gasteiger partial charge in [-0.2, -0.15) is 0 Å². The first-order valence-corrected chi connectivity index (χ1v) is 11.7. The van der Waals surface area contributed by atoms with E-state index < -0.39 is 6.04 Å². The summed E-state index contributed by atoms with van der Waals surface area (Å²) in [5.41, 5.74) is 2.31. The van der Waals surface area contributed by atoms with Gasteiger partial charge in [0.2, 0.25) is 11.8 Å². The second-order valence-corrected chi connectivity index (χ2v) is 9.16. The molecule has 4 nitrogen and oxygen atoms in total. The molecule has 33 heavy (non-hydrogen) atoms. The van der Waals surface area contributed by atoms with Gasteiger partial charge in [-0.05, 0) is 41.0 Å². The molecule has 0 saturated carbocycles. The Morgan fingerprint density at radius 2 is 1.58 bits per heavy atom. The fourth-order valence-electron chi connectivity index (χ4n) is 3.48. The van der Waals surface area contributed by atoms with E-state index in [1.807, 2.05) is 30.3 Å². The Balaban J connectivity index is 1.97. The van der Waals surface area contributed by atoms with Crippen molar-refractivity contribution in [2.75, 3.05) is 7.05 Å². The zero-order valence-corrected chi connectivity index (χ0v) is 20.8. The van der Waals surface area contributed by atoms with Crippen LogP contribution in [-0.2, 0) is 29.0 Å². The number of hydrogen-bond acceptors (Lipinski definition) is 2. The molecule has 0 aliphatic carbocycles. The van der Waals surface area contributed by atoms with Crippen molar-refractivity contribution >= 4 is 58.2 Å². The molecule has 0 heterocycles. The molecule has 0 aromatic heterocycles. The molecule has 3 aromatic rings. The summed E-state index contributed by atoms with van der Waals surface area (Å²) in [6.45, 7) is 0.140. The summed E-state index contributed by atoms with van der Waals surface area (Å²) in [6, 6.07) is 18.9. The van der Waals surface area contributed by atoms with Crippen LogP contribution in [0.1, 0.15) is 16.7 Å². The Morgan fingerprint density at radius 3 is 2.21 bits per heavy atom. The summed E-state index contributed by atoms with van der Waals surface area (Å²) >= 11 is 24.6. The highest BCUT2D eigenvalue weighted by Gasteiger charge is 2.30. The number of carbonyl (C=O) groups excluding carboxylic acids is 2. The maximum atomic E-state index is 13.5. The van der Waals surface area contributed by atoms with Crippen molar-refractivity contribution in [2.45, 2.75) is 25.4 Å². The van der Waals surface area contributed by atoms with Gasteiger partial charge in [-0.3, -0.25) is 9.59 Å². The van der Waals surface area contributed by atoms with Crippen LogP contribution in [0.15, 0.2) is 66.7 Å². The predicted octanol–water partition coefficient (Wildman–Crippen LogP) is 6.23. The molecule has 0 aliphatic rings. The third kappa shape index (κ3) is 6.87. The van der Waals surface area contributed by atoms with Crippen molar-refractivity contribution in [1.29, 1.82) is 0 Å². The van der Waals surface area contributed by atoms with Crippen LogP contribution in [0.2, 0.25) is 20.1 Å². The molecule has 8 heteroatoms. The summed E-state index contributed by atoms with van der Waals surface area (Å²) in [7, 11) is 1.55. The quantitative estimate of drug-likeness (QED) is 0.380. The van der Waals surface area contributed by atoms with Gasteiger partial charge in [0.05, 0.1) is 16.5 Å². The van der Waals surface area contributed by atoms with Crippen LogP contribution in [0.25, 0.3) is 0 Å². The van der Waals surface area contributed by atoms with E-state index in [-0.39, 0.29) is 24.8 Å². The fraction of sp³-hybridized carbons (Fsp3) is 0.200. The Kier molecular flexibility index (Phi) is 9.04. The SMILES string of the molecule is CNC(=O)[C@@H](Cc1ccccc1)N(Cc1ccc(Cl)cc1Cl)C(=O)Cc1ccc(Cl)c(Cl)c1. The van der Waals surface area contributed by atoms with Crippen LogP contribution in [0.3, 0.4) is 0 Å². The van der Waals surface area contributed by atoms with E-state index in [0.717, 1.165) is 5.56 Å². The van der Waals surface area contributed by atoms with Crippen molar-refractivity contribution in [3.63, 3.8) is 0 Å². The monoisotopic (exact) mass is 522 g/mol. The van der Waals surface area contributed by atoms with Crippen LogP contribution in [0.5, 0.6) is 0 Å². The summed E-state index contributed by atoms with van der Waals surface area (Å²) < 4.78 is 0. The molecule has 172 valence electrons. The molecule has 3 aromatic carbocycles. The number of rotatable bonds is 8. The van der Waals surface area contributed by atoms with Gasteiger partial charge < -0.3 is 10.2 Å². The molecule has 0 saturated heterocycles. The number of hydrogen-bond donors (Lipinski definition) is 1. The molecule has 1 N–H and O–H groups in total. The smallest absolute Gasteiger partial charge is 0.242 e. The van der Waals surface area contributed by atoms with E-state index in [2.05, 4.69) is 5.32 Å². The van der Waals surface area contributed by atoms with Crippen molar-refractivity contribution in [3.05, 3.63) is 104 Å². The van der Waals surface area contributed by atoms with Crippen molar-refractivity contribution < 1.29 is 9.59 Å². The van der Waals surface area contributed by atoms with E-state index in [1.54, 1.807) is 48.3 Å². The van der Waals surface area contributed by atoms with Crippen molar-refractivity contribution in [2.24, 2.45) is 0 Å². The lowest BCUT2D eigenvalue weighted by Gasteiger charge is -2.31. The summed E-state index contributed by atoms with van der Waals surface area (Å²) in [6.07, 6.45) is 0.392. The highest BCUT2D eigenvalue weighted by atomic mass is 35.5. The van der Waals surface area contributed by atoms with Crippen LogP contribution in [0, 0.1) is 0 Å². The molecule has 0 radical (unpaired) electrons. The molecule has 0 unspecified atom stereocenters. The second kappa shape index (κ2) is 11.8. The summed E-state index contributed by atoms with van der Waals surface area (Å²) in [5, 5.41) is 4.37. The average molecular weight is 524 g/mol. The largest absolute Gasteiger partial charge is 0.357 e. The summed E-state index contributed by atoms with van der Waals surface area (Å²) in [5.74, 6) is -0.518. The minimum absolute atomic E-state index is 0.0460. The molecule has 3 rings (SSSR count). The van der Waals surface area contributed by atoms with Crippen molar-refractivity contribution in [1.82, 2.24) is 10.2 Å². The highest BCUT2D eigenvalue weighted by Crippen LogP contribution is 2.26. The zero-order chi connectivity index (χ0) is 24.0. The number of benzene rings is 3. The third-order valence-electron chi connectivity index (χ3n) is 5.21. The molecule has 0 aliphatic heterocycles. The van der Waals surface area contributed by atoms with Gasteiger partial charge in [-0.25, -0.2) is 0 Å². The normalized spacial score (nSPS) is 11.7. The standard InChI is InChI=1S/C25H22Cl4N2O2/c1-30-25(33)23(12-16-5-3-2-4-6-16)31(15-18-8-9-19(26)14-21(18)28)24(32)13-17-7-10-20(27)22(29)11-17/h2-11,14,23H,12-13,15H2,1H3,(H,30,33)/t23-/m1/s1. The molecular weight excluding hydrogens is 502 g/mol. The van der Waals surface area contributed by atoms with E-state index in [0.29, 0.717) is 37.6 Å². The van der Waals surface area contributed by atoms with E-state index in [9.17, 15) is 9.59 Å². The number of amides is 2. The third-order valence-corrected chi connectivity index (χ3v) is 6.54.